The molecule has 2 N–H and O–H groups in total. The summed E-state index contributed by atoms with van der Waals surface area (Å²) in [6.07, 6.45) is 4.77. The molecule has 1 aromatic rings. The van der Waals surface area contributed by atoms with E-state index in [-0.39, 0.29) is 17.7 Å². The third-order valence-corrected chi connectivity index (χ3v) is 3.22. The van der Waals surface area contributed by atoms with Crippen LogP contribution < -0.4 is 20.1 Å². The van der Waals surface area contributed by atoms with Crippen LogP contribution in [0.1, 0.15) is 19.4 Å². The van der Waals surface area contributed by atoms with Gasteiger partial charge in [0, 0.05) is 25.1 Å². The second kappa shape index (κ2) is 10.9. The third kappa shape index (κ3) is 7.56. The van der Waals surface area contributed by atoms with E-state index in [1.165, 1.54) is 6.08 Å². The van der Waals surface area contributed by atoms with Crippen molar-refractivity contribution in [2.75, 3.05) is 26.8 Å². The number of nitrogens with one attached hydrogen (secondary N) is 2. The minimum absolute atomic E-state index is 0.0318. The molecular formula is C19H26N2O4. The summed E-state index contributed by atoms with van der Waals surface area (Å²) in [5.41, 5.74) is 0.811. The van der Waals surface area contributed by atoms with Crippen molar-refractivity contribution in [3.63, 3.8) is 0 Å². The van der Waals surface area contributed by atoms with Gasteiger partial charge in [-0.05, 0) is 23.8 Å². The van der Waals surface area contributed by atoms with Crippen molar-refractivity contribution in [3.05, 3.63) is 42.5 Å². The highest BCUT2D eigenvalue weighted by atomic mass is 16.5. The zero-order valence-corrected chi connectivity index (χ0v) is 15.0. The highest BCUT2D eigenvalue weighted by Crippen LogP contribution is 2.28. The first-order chi connectivity index (χ1) is 12.0. The van der Waals surface area contributed by atoms with Crippen LogP contribution in [-0.2, 0) is 9.59 Å². The molecule has 0 atom stereocenters. The molecule has 0 aliphatic carbocycles. The van der Waals surface area contributed by atoms with E-state index < -0.39 is 0 Å². The van der Waals surface area contributed by atoms with Crippen molar-refractivity contribution >= 4 is 17.9 Å². The summed E-state index contributed by atoms with van der Waals surface area (Å²) in [4.78, 5) is 23.2. The Hall–Kier alpha value is -2.76. The van der Waals surface area contributed by atoms with Gasteiger partial charge in [-0.3, -0.25) is 9.59 Å². The van der Waals surface area contributed by atoms with Crippen LogP contribution >= 0.6 is 0 Å². The molecule has 1 rings (SSSR count). The van der Waals surface area contributed by atoms with Crippen LogP contribution in [0.4, 0.5) is 0 Å². The number of hydrogen-bond acceptors (Lipinski definition) is 4. The predicted octanol–water partition coefficient (Wildman–Crippen LogP) is 2.16. The van der Waals surface area contributed by atoms with Gasteiger partial charge < -0.3 is 20.1 Å². The molecule has 0 bridgehead atoms. The fourth-order valence-corrected chi connectivity index (χ4v) is 1.86. The fraction of sp³-hybridized carbons (Fsp3) is 0.368. The van der Waals surface area contributed by atoms with Crippen molar-refractivity contribution < 1.29 is 19.1 Å². The lowest BCUT2D eigenvalue weighted by atomic mass is 10.2. The Labute approximate surface area is 148 Å². The van der Waals surface area contributed by atoms with Crippen LogP contribution in [0.3, 0.4) is 0 Å². The molecule has 6 nitrogen and oxygen atoms in total. The van der Waals surface area contributed by atoms with Crippen molar-refractivity contribution in [2.45, 2.75) is 13.8 Å². The van der Waals surface area contributed by atoms with Gasteiger partial charge in [0.2, 0.25) is 11.8 Å². The summed E-state index contributed by atoms with van der Waals surface area (Å²) in [5, 5.41) is 5.44. The first-order valence-electron chi connectivity index (χ1n) is 8.13. The van der Waals surface area contributed by atoms with E-state index in [1.807, 2.05) is 19.9 Å². The maximum atomic E-state index is 11.8. The monoisotopic (exact) mass is 346 g/mol. The van der Waals surface area contributed by atoms with E-state index in [0.29, 0.717) is 31.2 Å². The number of hydrogen-bond donors (Lipinski definition) is 2. The smallest absolute Gasteiger partial charge is 0.244 e. The summed E-state index contributed by atoms with van der Waals surface area (Å²) < 4.78 is 10.8. The third-order valence-electron chi connectivity index (χ3n) is 3.22. The Balaban J connectivity index is 2.50. The minimum Gasteiger partial charge on any atom is -0.493 e. The van der Waals surface area contributed by atoms with E-state index in [9.17, 15) is 9.59 Å². The topological polar surface area (TPSA) is 76.7 Å². The molecule has 0 saturated carbocycles. The summed E-state index contributed by atoms with van der Waals surface area (Å²) in [6, 6.07) is 5.39. The van der Waals surface area contributed by atoms with Gasteiger partial charge in [0.1, 0.15) is 6.61 Å². The predicted molar refractivity (Wildman–Crippen MR) is 98.6 cm³/mol. The van der Waals surface area contributed by atoms with Gasteiger partial charge in [-0.15, -0.1) is 0 Å². The number of rotatable bonds is 10. The quantitative estimate of drug-likeness (QED) is 0.387. The summed E-state index contributed by atoms with van der Waals surface area (Å²) in [6.45, 7) is 8.40. The highest BCUT2D eigenvalue weighted by molar-refractivity contribution is 5.91. The Morgan fingerprint density at radius 2 is 1.92 bits per heavy atom. The van der Waals surface area contributed by atoms with Crippen LogP contribution in [0.5, 0.6) is 11.5 Å². The lowest BCUT2D eigenvalue weighted by Gasteiger charge is -2.09. The van der Waals surface area contributed by atoms with Crippen molar-refractivity contribution in [1.29, 1.82) is 0 Å². The van der Waals surface area contributed by atoms with Crippen LogP contribution in [0.15, 0.2) is 36.9 Å². The van der Waals surface area contributed by atoms with Gasteiger partial charge in [0.05, 0.1) is 7.11 Å². The molecule has 25 heavy (non-hydrogen) atoms. The second-order valence-corrected chi connectivity index (χ2v) is 5.58. The van der Waals surface area contributed by atoms with E-state index in [0.717, 1.165) is 5.56 Å². The molecule has 0 heterocycles. The normalized spacial score (nSPS) is 10.6. The van der Waals surface area contributed by atoms with Crippen molar-refractivity contribution in [3.8, 4) is 11.5 Å². The molecule has 2 amide bonds. The van der Waals surface area contributed by atoms with E-state index in [1.54, 1.807) is 31.4 Å². The molecule has 136 valence electrons. The fourth-order valence-electron chi connectivity index (χ4n) is 1.86. The van der Waals surface area contributed by atoms with Crippen LogP contribution in [-0.4, -0.2) is 38.6 Å². The van der Waals surface area contributed by atoms with Gasteiger partial charge in [-0.2, -0.15) is 0 Å². The molecule has 6 heteroatoms. The SMILES string of the molecule is C=CCOc1ccc(/C=C/C(=O)NCCNC(=O)C(C)C)cc1OC. The summed E-state index contributed by atoms with van der Waals surface area (Å²) in [7, 11) is 1.56. The molecule has 1 aromatic carbocycles. The Morgan fingerprint density at radius 1 is 1.20 bits per heavy atom. The van der Waals surface area contributed by atoms with Crippen LogP contribution in [0.25, 0.3) is 6.08 Å². The van der Waals surface area contributed by atoms with Gasteiger partial charge in [-0.25, -0.2) is 0 Å². The van der Waals surface area contributed by atoms with Gasteiger partial charge in [0.25, 0.3) is 0 Å². The number of amides is 2. The molecule has 0 aliphatic rings. The Kier molecular flexibility index (Phi) is 8.85. The van der Waals surface area contributed by atoms with Crippen molar-refractivity contribution in [2.24, 2.45) is 5.92 Å². The molecule has 0 aliphatic heterocycles. The number of methoxy groups -OCH3 is 1. The van der Waals surface area contributed by atoms with Gasteiger partial charge in [0.15, 0.2) is 11.5 Å². The molecule has 0 saturated heterocycles. The molecule has 0 aromatic heterocycles. The average molecular weight is 346 g/mol. The molecule has 0 spiro atoms. The summed E-state index contributed by atoms with van der Waals surface area (Å²) >= 11 is 0. The van der Waals surface area contributed by atoms with E-state index in [4.69, 9.17) is 9.47 Å². The highest BCUT2D eigenvalue weighted by Gasteiger charge is 2.06. The Morgan fingerprint density at radius 3 is 2.56 bits per heavy atom. The number of ether oxygens (including phenoxy) is 2. The zero-order chi connectivity index (χ0) is 18.7. The van der Waals surface area contributed by atoms with E-state index >= 15 is 0 Å². The molecule has 0 radical (unpaired) electrons. The largest absolute Gasteiger partial charge is 0.493 e. The first kappa shape index (κ1) is 20.3. The summed E-state index contributed by atoms with van der Waals surface area (Å²) in [5.74, 6) is 0.870. The standard InChI is InChI=1S/C19H26N2O4/c1-5-12-25-16-8-6-15(13-17(16)24-4)7-9-18(22)20-10-11-21-19(23)14(2)3/h5-9,13-14H,1,10-12H2,2-4H3,(H,20,22)(H,21,23)/b9-7+. The first-order valence-corrected chi connectivity index (χ1v) is 8.13. The molecular weight excluding hydrogens is 320 g/mol. The lowest BCUT2D eigenvalue weighted by Crippen LogP contribution is -2.35. The van der Waals surface area contributed by atoms with Crippen LogP contribution in [0, 0.1) is 5.92 Å². The maximum Gasteiger partial charge on any atom is 0.244 e. The minimum atomic E-state index is -0.232. The maximum absolute atomic E-state index is 11.8. The average Bonchev–Trinajstić information content (AvgIpc) is 2.61. The van der Waals surface area contributed by atoms with Gasteiger partial charge in [-0.1, -0.05) is 32.6 Å². The van der Waals surface area contributed by atoms with Gasteiger partial charge >= 0.3 is 0 Å². The zero-order valence-electron chi connectivity index (χ0n) is 15.0. The number of carbonyl (C=O) groups excluding carboxylic acids is 2. The van der Waals surface area contributed by atoms with E-state index in [2.05, 4.69) is 17.2 Å². The van der Waals surface area contributed by atoms with Crippen molar-refractivity contribution in [1.82, 2.24) is 10.6 Å². The molecule has 0 fully saturated rings. The lowest BCUT2D eigenvalue weighted by molar-refractivity contribution is -0.124. The number of benzene rings is 1. The molecule has 0 unspecified atom stereocenters. The number of carbonyl (C=O) groups is 2. The van der Waals surface area contributed by atoms with Crippen LogP contribution in [0.2, 0.25) is 0 Å². The Bertz CT molecular complexity index is 624. The second-order valence-electron chi connectivity index (χ2n) is 5.58.